The molecule has 0 radical (unpaired) electrons. The fraction of sp³-hybridized carbons (Fsp3) is 0.231. The Balaban J connectivity index is 1.39. The van der Waals surface area contributed by atoms with E-state index in [2.05, 4.69) is 5.32 Å². The Morgan fingerprint density at radius 1 is 0.971 bits per heavy atom. The molecule has 1 amide bonds. The van der Waals surface area contributed by atoms with E-state index in [9.17, 15) is 19.7 Å². The Morgan fingerprint density at radius 2 is 1.68 bits per heavy atom. The van der Waals surface area contributed by atoms with Crippen LogP contribution in [0.2, 0.25) is 0 Å². The Bertz CT molecular complexity index is 1190. The third-order valence-corrected chi connectivity index (χ3v) is 5.72. The van der Waals surface area contributed by atoms with Crippen molar-refractivity contribution in [2.75, 3.05) is 29.9 Å². The summed E-state index contributed by atoms with van der Waals surface area (Å²) in [4.78, 5) is 37.9. The Hall–Kier alpha value is -4.20. The molecule has 0 unspecified atom stereocenters. The zero-order chi connectivity index (χ0) is 23.9. The number of nitro groups is 1. The van der Waals surface area contributed by atoms with Crippen LogP contribution in [0.1, 0.15) is 34.3 Å². The molecule has 8 nitrogen and oxygen atoms in total. The van der Waals surface area contributed by atoms with Gasteiger partial charge in [0.1, 0.15) is 5.69 Å². The molecular weight excluding hydrogens is 434 g/mol. The van der Waals surface area contributed by atoms with E-state index in [4.69, 9.17) is 4.74 Å². The number of para-hydroxylation sites is 1. The number of amides is 1. The molecule has 0 spiro atoms. The highest BCUT2D eigenvalue weighted by Crippen LogP contribution is 2.31. The van der Waals surface area contributed by atoms with Gasteiger partial charge in [-0.2, -0.15) is 0 Å². The lowest BCUT2D eigenvalue weighted by atomic mass is 10.0. The number of hydrogen-bond donors (Lipinski definition) is 1. The largest absolute Gasteiger partial charge is 0.452 e. The van der Waals surface area contributed by atoms with Crippen LogP contribution in [0.15, 0.2) is 72.8 Å². The molecule has 0 bridgehead atoms. The van der Waals surface area contributed by atoms with Crippen LogP contribution in [0.3, 0.4) is 0 Å². The first-order valence-corrected chi connectivity index (χ1v) is 11.1. The number of esters is 1. The topological polar surface area (TPSA) is 102 Å². The summed E-state index contributed by atoms with van der Waals surface area (Å²) in [5.41, 5.74) is 3.06. The van der Waals surface area contributed by atoms with Gasteiger partial charge in [0, 0.05) is 24.8 Å². The minimum Gasteiger partial charge on any atom is -0.452 e. The van der Waals surface area contributed by atoms with Crippen LogP contribution >= 0.6 is 0 Å². The highest BCUT2D eigenvalue weighted by atomic mass is 16.6. The first kappa shape index (κ1) is 23.0. The van der Waals surface area contributed by atoms with Gasteiger partial charge in [0.25, 0.3) is 11.6 Å². The number of nitrogens with one attached hydrogen (secondary N) is 1. The maximum atomic E-state index is 12.5. The van der Waals surface area contributed by atoms with Crippen LogP contribution in [0, 0.1) is 10.1 Å². The Morgan fingerprint density at radius 3 is 2.41 bits per heavy atom. The van der Waals surface area contributed by atoms with Crippen LogP contribution < -0.4 is 10.2 Å². The van der Waals surface area contributed by atoms with E-state index in [0.717, 1.165) is 37.1 Å². The van der Waals surface area contributed by atoms with Crippen molar-refractivity contribution < 1.29 is 19.2 Å². The summed E-state index contributed by atoms with van der Waals surface area (Å²) in [6.45, 7) is 0.993. The molecule has 1 saturated heterocycles. The lowest BCUT2D eigenvalue weighted by Crippen LogP contribution is -2.22. The minimum absolute atomic E-state index is 0.0342. The van der Waals surface area contributed by atoms with Crippen LogP contribution in [0.4, 0.5) is 17.1 Å². The second-order valence-electron chi connectivity index (χ2n) is 8.10. The zero-order valence-corrected chi connectivity index (χ0v) is 18.6. The SMILES string of the molecule is O=C(COC(=O)c1ccc(N2CCCC2)c([N+](=O)[O-])c1)Nc1ccccc1Cc1ccccc1. The molecule has 0 aliphatic carbocycles. The van der Waals surface area contributed by atoms with Gasteiger partial charge in [-0.25, -0.2) is 4.79 Å². The third-order valence-electron chi connectivity index (χ3n) is 5.72. The molecule has 1 aliphatic heterocycles. The standard InChI is InChI=1S/C26H25N3O5/c30-25(27-22-11-5-4-10-20(22)16-19-8-2-1-3-9-19)18-34-26(31)21-12-13-23(24(17-21)29(32)33)28-14-6-7-15-28/h1-5,8-13,17H,6-7,14-16,18H2,(H,27,30). The third kappa shape index (κ3) is 5.58. The molecule has 1 fully saturated rings. The lowest BCUT2D eigenvalue weighted by Gasteiger charge is -2.17. The number of carbonyl (C=O) groups is 2. The second kappa shape index (κ2) is 10.6. The van der Waals surface area contributed by atoms with Crippen LogP contribution in [-0.4, -0.2) is 36.5 Å². The molecule has 174 valence electrons. The van der Waals surface area contributed by atoms with Gasteiger partial charge in [-0.15, -0.1) is 0 Å². The number of carbonyl (C=O) groups excluding carboxylic acids is 2. The number of anilines is 2. The zero-order valence-electron chi connectivity index (χ0n) is 18.6. The minimum atomic E-state index is -0.788. The summed E-state index contributed by atoms with van der Waals surface area (Å²) in [5, 5.41) is 14.3. The van der Waals surface area contributed by atoms with Crippen molar-refractivity contribution in [1.29, 1.82) is 0 Å². The van der Waals surface area contributed by atoms with E-state index >= 15 is 0 Å². The fourth-order valence-electron chi connectivity index (χ4n) is 4.03. The molecule has 3 aromatic carbocycles. The Kier molecular flexibility index (Phi) is 7.17. The number of rotatable bonds is 8. The molecule has 0 saturated carbocycles. The molecule has 3 aromatic rings. The van der Waals surface area contributed by atoms with Crippen molar-refractivity contribution in [3.05, 3.63) is 99.6 Å². The molecule has 1 aliphatic rings. The highest BCUT2D eigenvalue weighted by molar-refractivity contribution is 5.96. The fourth-order valence-corrected chi connectivity index (χ4v) is 4.03. The van der Waals surface area contributed by atoms with Gasteiger partial charge in [0.05, 0.1) is 10.5 Å². The second-order valence-corrected chi connectivity index (χ2v) is 8.10. The van der Waals surface area contributed by atoms with E-state index in [1.807, 2.05) is 53.4 Å². The van der Waals surface area contributed by atoms with Gasteiger partial charge in [-0.3, -0.25) is 14.9 Å². The van der Waals surface area contributed by atoms with Crippen molar-refractivity contribution in [2.24, 2.45) is 0 Å². The van der Waals surface area contributed by atoms with Crippen molar-refractivity contribution in [3.8, 4) is 0 Å². The quantitative estimate of drug-likeness (QED) is 0.301. The van der Waals surface area contributed by atoms with Crippen LogP contribution in [-0.2, 0) is 16.0 Å². The smallest absolute Gasteiger partial charge is 0.338 e. The van der Waals surface area contributed by atoms with Gasteiger partial charge in [0.15, 0.2) is 6.61 Å². The normalized spacial score (nSPS) is 12.9. The van der Waals surface area contributed by atoms with E-state index < -0.39 is 23.4 Å². The summed E-state index contributed by atoms with van der Waals surface area (Å²) in [6.07, 6.45) is 2.60. The molecule has 1 heterocycles. The van der Waals surface area contributed by atoms with Gasteiger partial charge >= 0.3 is 5.97 Å². The summed E-state index contributed by atoms with van der Waals surface area (Å²) in [6, 6.07) is 21.6. The maximum absolute atomic E-state index is 12.5. The molecular formula is C26H25N3O5. The lowest BCUT2D eigenvalue weighted by molar-refractivity contribution is -0.384. The number of nitro benzene ring substituents is 1. The van der Waals surface area contributed by atoms with E-state index in [-0.39, 0.29) is 11.3 Å². The Labute approximate surface area is 197 Å². The molecule has 0 atom stereocenters. The summed E-state index contributed by atoms with van der Waals surface area (Å²) in [7, 11) is 0. The van der Waals surface area contributed by atoms with Gasteiger partial charge < -0.3 is 15.0 Å². The van der Waals surface area contributed by atoms with Gasteiger partial charge in [-0.05, 0) is 48.6 Å². The highest BCUT2D eigenvalue weighted by Gasteiger charge is 2.24. The number of ether oxygens (including phenoxy) is 1. The van der Waals surface area contributed by atoms with Crippen molar-refractivity contribution in [1.82, 2.24) is 0 Å². The summed E-state index contributed by atoms with van der Waals surface area (Å²) >= 11 is 0. The number of nitrogens with zero attached hydrogens (tertiary/aromatic N) is 2. The molecule has 34 heavy (non-hydrogen) atoms. The van der Waals surface area contributed by atoms with E-state index in [0.29, 0.717) is 17.8 Å². The van der Waals surface area contributed by atoms with Gasteiger partial charge in [0.2, 0.25) is 0 Å². The van der Waals surface area contributed by atoms with Crippen LogP contribution in [0.5, 0.6) is 0 Å². The van der Waals surface area contributed by atoms with E-state index in [1.165, 1.54) is 12.1 Å². The molecule has 8 heteroatoms. The monoisotopic (exact) mass is 459 g/mol. The van der Waals surface area contributed by atoms with Crippen LogP contribution in [0.25, 0.3) is 0 Å². The van der Waals surface area contributed by atoms with E-state index in [1.54, 1.807) is 12.1 Å². The predicted octanol–water partition coefficient (Wildman–Crippen LogP) is 4.58. The summed E-state index contributed by atoms with van der Waals surface area (Å²) < 4.78 is 5.13. The van der Waals surface area contributed by atoms with Crippen molar-refractivity contribution >= 4 is 28.9 Å². The van der Waals surface area contributed by atoms with Crippen molar-refractivity contribution in [3.63, 3.8) is 0 Å². The number of hydrogen-bond acceptors (Lipinski definition) is 6. The number of benzene rings is 3. The van der Waals surface area contributed by atoms with Gasteiger partial charge in [-0.1, -0.05) is 48.5 Å². The molecule has 1 N–H and O–H groups in total. The maximum Gasteiger partial charge on any atom is 0.338 e. The first-order valence-electron chi connectivity index (χ1n) is 11.1. The predicted molar refractivity (Wildman–Crippen MR) is 129 cm³/mol. The van der Waals surface area contributed by atoms with Crippen molar-refractivity contribution in [2.45, 2.75) is 19.3 Å². The summed E-state index contributed by atoms with van der Waals surface area (Å²) in [5.74, 6) is -1.28. The average Bonchev–Trinajstić information content (AvgIpc) is 3.39. The molecule has 0 aromatic heterocycles. The molecule has 4 rings (SSSR count). The average molecular weight is 460 g/mol. The first-order chi connectivity index (χ1) is 16.5.